The lowest BCUT2D eigenvalue weighted by Gasteiger charge is -2.07. The van der Waals surface area contributed by atoms with E-state index in [9.17, 15) is 37.1 Å². The summed E-state index contributed by atoms with van der Waals surface area (Å²) in [6.07, 6.45) is 39.3. The van der Waals surface area contributed by atoms with Gasteiger partial charge >= 0.3 is 36.0 Å². The third-order valence-corrected chi connectivity index (χ3v) is 26.3. The number of halogens is 13. The molecule has 0 aromatic rings. The summed E-state index contributed by atoms with van der Waals surface area (Å²) in [5.41, 5.74) is 0. The fraction of sp³-hybridized carbons (Fsp3) is 0.797. The molecule has 8 fully saturated rings. The van der Waals surface area contributed by atoms with Gasteiger partial charge in [0.1, 0.15) is 30.5 Å². The lowest BCUT2D eigenvalue weighted by atomic mass is 10.1. The second-order valence-electron chi connectivity index (χ2n) is 27.2. The fourth-order valence-electron chi connectivity index (χ4n) is 10.8. The van der Waals surface area contributed by atoms with Crippen LogP contribution in [0.2, 0.25) is 0 Å². The molecule has 0 saturated heterocycles. The molecular weight excluding hydrogens is 1950 g/mol. The quantitative estimate of drug-likeness (QED) is 0.0173. The van der Waals surface area contributed by atoms with Crippen LogP contribution in [0.4, 0.5) is 13.2 Å². The van der Waals surface area contributed by atoms with Gasteiger partial charge in [0.25, 0.3) is 0 Å². The molecule has 19 atom stereocenters. The van der Waals surface area contributed by atoms with Gasteiger partial charge in [-0.1, -0.05) is 204 Å². The molecule has 3 unspecified atom stereocenters. The number of alkyl halides is 9. The van der Waals surface area contributed by atoms with Crippen LogP contribution in [0.5, 0.6) is 0 Å². The van der Waals surface area contributed by atoms with E-state index < -0.39 is 18.2 Å². The van der Waals surface area contributed by atoms with Crippen LogP contribution in [0.25, 0.3) is 0 Å². The number of aliphatic hydroxyl groups excluding tert-OH is 3. The summed E-state index contributed by atoms with van der Waals surface area (Å²) in [4.78, 5) is 58.3. The number of carbonyl (C=O) groups excluding carboxylic acids is 5. The summed E-state index contributed by atoms with van der Waals surface area (Å²) < 4.78 is 62.4. The van der Waals surface area contributed by atoms with Gasteiger partial charge in [-0.05, 0) is 246 Å². The van der Waals surface area contributed by atoms with Crippen molar-refractivity contribution in [1.29, 1.82) is 0 Å². The molecule has 100 heavy (non-hydrogen) atoms. The first kappa shape index (κ1) is 98.3. The average Bonchev–Trinajstić information content (AvgIpc) is 1.73. The maximum absolute atomic E-state index is 11.9. The number of unbranched alkanes of at least 4 members (excludes halogenated alkanes) is 3. The molecule has 0 heterocycles. The van der Waals surface area contributed by atoms with Gasteiger partial charge in [0.15, 0.2) is 0 Å². The van der Waals surface area contributed by atoms with Crippen LogP contribution in [0.3, 0.4) is 0 Å². The molecule has 8 rings (SSSR count). The first-order valence-electron chi connectivity index (χ1n) is 35.5. The maximum Gasteiger partial charge on any atom is 0.490 e. The van der Waals surface area contributed by atoms with Crippen molar-refractivity contribution < 1.29 is 76.1 Å². The van der Waals surface area contributed by atoms with Gasteiger partial charge in [0.2, 0.25) is 0 Å². The third-order valence-electron chi connectivity index (χ3n) is 17.5. The fourth-order valence-corrected chi connectivity index (χ4v) is 13.8. The van der Waals surface area contributed by atoms with Crippen LogP contribution in [0.15, 0.2) is 44.2 Å². The predicted molar refractivity (Wildman–Crippen MR) is 432 cm³/mol. The molecule has 8 aliphatic rings. The minimum absolute atomic E-state index is 0.00257. The zero-order valence-corrected chi connectivity index (χ0v) is 74.7. The summed E-state index contributed by atoms with van der Waals surface area (Å²) in [5, 5.41) is 29.7. The number of ether oxygens (including phenoxy) is 5. The average molecular weight is 2070 g/mol. The number of rotatable bonds is 39. The molecule has 26 heteroatoms. The first-order chi connectivity index (χ1) is 47.3. The molecule has 0 bridgehead atoms. The van der Waals surface area contributed by atoms with E-state index in [2.05, 4.69) is 195 Å². The Morgan fingerprint density at radius 2 is 0.710 bits per heavy atom. The lowest BCUT2D eigenvalue weighted by molar-refractivity contribution is -0.201. The lowest BCUT2D eigenvalue weighted by Crippen LogP contribution is -2.26. The largest absolute Gasteiger partial charge is 0.490 e. The van der Waals surface area contributed by atoms with E-state index >= 15 is 0 Å². The Hall–Kier alpha value is 0.340. The van der Waals surface area contributed by atoms with Crippen molar-refractivity contribution in [1.82, 2.24) is 0 Å². The van der Waals surface area contributed by atoms with E-state index in [1.165, 1.54) is 91.9 Å². The van der Waals surface area contributed by atoms with Crippen LogP contribution in [0.1, 0.15) is 233 Å². The number of hydrogen-bond donors (Lipinski definition) is 3. The van der Waals surface area contributed by atoms with Gasteiger partial charge in [0, 0.05) is 64.6 Å². The molecule has 0 aliphatic heterocycles. The molecule has 8 saturated carbocycles. The number of terminal acetylenes is 1. The topological polar surface area (TPSA) is 192 Å². The first-order valence-corrected chi connectivity index (χ1v) is 45.1. The molecule has 3 N–H and O–H groups in total. The Labute approximate surface area is 681 Å². The predicted octanol–water partition coefficient (Wildman–Crippen LogP) is 22.4. The van der Waals surface area contributed by atoms with Crippen LogP contribution in [0, 0.1) is 59.7 Å². The van der Waals surface area contributed by atoms with E-state index in [1.807, 2.05) is 9.97 Å². The Bertz CT molecular complexity index is 2370. The van der Waals surface area contributed by atoms with E-state index in [1.54, 1.807) is 0 Å². The zero-order valence-electron chi connectivity index (χ0n) is 58.9. The van der Waals surface area contributed by atoms with Crippen LogP contribution in [-0.2, 0) is 47.7 Å². The smallest absolute Gasteiger partial charge is 0.462 e. The molecule has 0 aromatic heterocycles. The number of hydrogen-bond acceptors (Lipinski definition) is 13. The molecule has 13 nitrogen and oxygen atoms in total. The van der Waals surface area contributed by atoms with Gasteiger partial charge < -0.3 is 39.0 Å². The zero-order chi connectivity index (χ0) is 75.3. The van der Waals surface area contributed by atoms with Gasteiger partial charge in [-0.25, -0.2) is 4.79 Å². The molecule has 578 valence electrons. The van der Waals surface area contributed by atoms with Crippen molar-refractivity contribution in [2.75, 3.05) is 16.0 Å². The summed E-state index contributed by atoms with van der Waals surface area (Å²) in [6, 6.07) is 0. The normalized spacial score (nSPS) is 27.6. The maximum atomic E-state index is 11.9. The van der Waals surface area contributed by atoms with Crippen molar-refractivity contribution in [3.8, 4) is 12.3 Å². The summed E-state index contributed by atoms with van der Waals surface area (Å²) in [7, 11) is 0. The van der Waals surface area contributed by atoms with E-state index in [0.29, 0.717) is 62.3 Å². The highest BCUT2D eigenvalue weighted by atomic mass is 79.9. The third kappa shape index (κ3) is 57.5. The Morgan fingerprint density at radius 3 is 0.950 bits per heavy atom. The molecular formula is C74H113Br10F3O13. The van der Waals surface area contributed by atoms with E-state index in [0.717, 1.165) is 160 Å². The summed E-state index contributed by atoms with van der Waals surface area (Å²) >= 11 is 33.8. The van der Waals surface area contributed by atoms with Crippen LogP contribution >= 0.6 is 159 Å². The second-order valence-corrected chi connectivity index (χ2v) is 36.4. The van der Waals surface area contributed by atoms with Crippen molar-refractivity contribution in [2.45, 2.75) is 303 Å². The SMILES string of the molecule is C#CCCC[C@@H]1C[C@H]1O.C=C(Br)CCC[C@@H]1C[C@H]1OC(C)=O.C=C(Br)CCC[C@@H]1C[C@H]1OC(C)=O.CC(=O)O[C@@H]1C[C@H]1CCC/C=C/Br.CC(=O)O[C@@H]1C[C@H]1CCCC(Br)CBr.O=C(O[C@@H]1C[C@H]1CCCC(Br)CBr)C(F)(F)F.O[C@@H]1C[C@H]1CCC/C=C/Br.O[C@@H]1C[C@H]1CCCC(Br)CBr. The highest BCUT2D eigenvalue weighted by molar-refractivity contribution is 9.13. The van der Waals surface area contributed by atoms with Gasteiger partial charge in [0.05, 0.1) is 18.3 Å². The minimum Gasteiger partial charge on any atom is -0.462 e. The summed E-state index contributed by atoms with van der Waals surface area (Å²) in [5.74, 6) is 4.35. The standard InChI is InChI=1S/C10H13Br2F3O2.C10H16Br2O2.3C10H15BrO2.C8H14Br2O.C8H13BrO.C8H12O/c11-5-7(12)3-1-2-6-4-8(6)17-9(16)10(13,14)15;1-7(13)14-10-5-8(10)3-2-4-9(12)6-11;2*1-7(11)4-3-5-9-6-10(9)13-8(2)12;1-8(12)13-10-7-9(10)5-3-2-4-6-11;9-5-7(10)3-1-2-6-4-8(6)11;9-5-3-1-2-4-7-6-8(7)10;1-2-3-4-5-7-6-8(7)9/h6-8H,1-5H2;8-10H,2-6H2,1H3;2*9-10H,1,3-6H2,2H3;4,6,9-10H,2-3,5,7H2,1H3;6-8,11H,1-5H2;3,5,7-8,10H,1-2,4,6H2;1,7-9H,3-6H2/b;;;;6-4+;;5-3+;/t6-,7?,8-;8-,9?,10-;3*9-,10-;6-,7?,8-;2*7-,8-/m11111111/s1. The van der Waals surface area contributed by atoms with Gasteiger partial charge in [-0.2, -0.15) is 13.2 Å². The van der Waals surface area contributed by atoms with Gasteiger partial charge in [-0.15, -0.1) is 12.3 Å². The van der Waals surface area contributed by atoms with Crippen LogP contribution in [-0.4, -0.2) is 131 Å². The number of esters is 5. The number of allylic oxidation sites excluding steroid dienone is 4. The molecule has 0 aromatic carbocycles. The number of carbonyl (C=O) groups is 5. The number of aliphatic hydroxyl groups is 3. The van der Waals surface area contributed by atoms with Crippen molar-refractivity contribution >= 4 is 189 Å². The van der Waals surface area contributed by atoms with E-state index in [4.69, 9.17) is 40.7 Å². The van der Waals surface area contributed by atoms with E-state index in [-0.39, 0.29) is 72.5 Å². The molecule has 0 spiro atoms. The highest BCUT2D eigenvalue weighted by Crippen LogP contribution is 2.43. The van der Waals surface area contributed by atoms with Crippen LogP contribution < -0.4 is 0 Å². The highest BCUT2D eigenvalue weighted by Gasteiger charge is 2.48. The molecule has 0 radical (unpaired) electrons. The molecule has 0 amide bonds. The molecule has 8 aliphatic carbocycles. The minimum atomic E-state index is -4.87. The summed E-state index contributed by atoms with van der Waals surface area (Å²) in [6.45, 7) is 13.4. The second kappa shape index (κ2) is 57.4. The van der Waals surface area contributed by atoms with Gasteiger partial charge in [-0.3, -0.25) is 19.2 Å². The Balaban J connectivity index is 0.000000575. The monoisotopic (exact) mass is 2060 g/mol. The Kier molecular flexibility index (Phi) is 56.5. The Morgan fingerprint density at radius 1 is 0.460 bits per heavy atom. The van der Waals surface area contributed by atoms with Crippen molar-refractivity contribution in [2.24, 2.45) is 47.3 Å². The van der Waals surface area contributed by atoms with Crippen molar-refractivity contribution in [3.05, 3.63) is 44.2 Å². The van der Waals surface area contributed by atoms with Crippen molar-refractivity contribution in [3.63, 3.8) is 0 Å².